The lowest BCUT2D eigenvalue weighted by atomic mass is 9.86. The monoisotopic (exact) mass is 342 g/mol. The van der Waals surface area contributed by atoms with Gasteiger partial charge in [-0.05, 0) is 29.5 Å². The fourth-order valence-corrected chi connectivity index (χ4v) is 2.30. The molecule has 0 saturated carbocycles. The normalized spacial score (nSPS) is 13.6. The standard InChI is InChI=1S/C20H30N4O/c1-7-8-17(21)16-11-9-15(10-12-16)13-22-24-19(25)18(20(4,5)6)23-14(2)3/h7-14,18,21,23H,1-6H3,(H,24,25)/b8-7-,21-17?,22-13+. The fourth-order valence-electron chi connectivity index (χ4n) is 2.30. The summed E-state index contributed by atoms with van der Waals surface area (Å²) in [5, 5.41) is 15.2. The van der Waals surface area contributed by atoms with E-state index in [1.54, 1.807) is 12.3 Å². The van der Waals surface area contributed by atoms with Crippen molar-refractivity contribution in [3.63, 3.8) is 0 Å². The van der Waals surface area contributed by atoms with Crippen molar-refractivity contribution in [2.45, 2.75) is 53.6 Å². The molecule has 1 rings (SSSR count). The maximum absolute atomic E-state index is 12.4. The summed E-state index contributed by atoms with van der Waals surface area (Å²) >= 11 is 0. The number of allylic oxidation sites excluding steroid dienone is 2. The van der Waals surface area contributed by atoms with Crippen LogP contribution in [0.4, 0.5) is 0 Å². The van der Waals surface area contributed by atoms with Crippen molar-refractivity contribution in [1.29, 1.82) is 5.41 Å². The molecule has 0 aromatic heterocycles. The van der Waals surface area contributed by atoms with Gasteiger partial charge in [0.05, 0.1) is 18.0 Å². The Hall–Kier alpha value is -2.27. The van der Waals surface area contributed by atoms with Crippen molar-refractivity contribution in [3.8, 4) is 0 Å². The highest BCUT2D eigenvalue weighted by molar-refractivity contribution is 6.06. The second-order valence-electron chi connectivity index (χ2n) is 7.39. The molecule has 0 heterocycles. The summed E-state index contributed by atoms with van der Waals surface area (Å²) in [7, 11) is 0. The van der Waals surface area contributed by atoms with E-state index >= 15 is 0 Å². The molecule has 1 aromatic carbocycles. The first-order valence-electron chi connectivity index (χ1n) is 8.55. The molecule has 136 valence electrons. The van der Waals surface area contributed by atoms with E-state index in [1.807, 2.05) is 71.9 Å². The van der Waals surface area contributed by atoms with Crippen molar-refractivity contribution in [2.24, 2.45) is 10.5 Å². The van der Waals surface area contributed by atoms with Crippen molar-refractivity contribution in [3.05, 3.63) is 47.5 Å². The summed E-state index contributed by atoms with van der Waals surface area (Å²) in [4.78, 5) is 12.4. The maximum atomic E-state index is 12.4. The molecule has 1 aromatic rings. The average molecular weight is 342 g/mol. The molecule has 0 fully saturated rings. The largest absolute Gasteiger partial charge is 0.303 e. The van der Waals surface area contributed by atoms with E-state index in [9.17, 15) is 4.79 Å². The summed E-state index contributed by atoms with van der Waals surface area (Å²) < 4.78 is 0. The molecule has 0 aliphatic carbocycles. The van der Waals surface area contributed by atoms with Gasteiger partial charge in [0.15, 0.2) is 0 Å². The van der Waals surface area contributed by atoms with E-state index in [2.05, 4.69) is 15.8 Å². The highest BCUT2D eigenvalue weighted by Gasteiger charge is 2.31. The topological polar surface area (TPSA) is 77.3 Å². The number of nitrogens with zero attached hydrogens (tertiary/aromatic N) is 1. The zero-order valence-corrected chi connectivity index (χ0v) is 16.1. The van der Waals surface area contributed by atoms with Gasteiger partial charge in [-0.15, -0.1) is 0 Å². The van der Waals surface area contributed by atoms with E-state index in [0.29, 0.717) is 5.71 Å². The molecule has 0 aliphatic heterocycles. The zero-order valence-electron chi connectivity index (χ0n) is 16.1. The van der Waals surface area contributed by atoms with E-state index in [-0.39, 0.29) is 23.4 Å². The van der Waals surface area contributed by atoms with Gasteiger partial charge < -0.3 is 10.7 Å². The van der Waals surface area contributed by atoms with E-state index in [1.165, 1.54) is 0 Å². The van der Waals surface area contributed by atoms with Crippen molar-refractivity contribution < 1.29 is 4.79 Å². The van der Waals surface area contributed by atoms with Gasteiger partial charge in [-0.3, -0.25) is 4.79 Å². The second-order valence-corrected chi connectivity index (χ2v) is 7.39. The summed E-state index contributed by atoms with van der Waals surface area (Å²) in [6.07, 6.45) is 5.19. The van der Waals surface area contributed by atoms with E-state index in [4.69, 9.17) is 5.41 Å². The highest BCUT2D eigenvalue weighted by atomic mass is 16.2. The minimum Gasteiger partial charge on any atom is -0.303 e. The third-order valence-electron chi connectivity index (χ3n) is 3.57. The molecule has 0 radical (unpaired) electrons. The van der Waals surface area contributed by atoms with Crippen LogP contribution in [0.25, 0.3) is 0 Å². The summed E-state index contributed by atoms with van der Waals surface area (Å²) in [6.45, 7) is 12.0. The lowest BCUT2D eigenvalue weighted by molar-refractivity contribution is -0.125. The van der Waals surface area contributed by atoms with Gasteiger partial charge in [0.1, 0.15) is 0 Å². The molecular weight excluding hydrogens is 312 g/mol. The maximum Gasteiger partial charge on any atom is 0.257 e. The molecule has 0 saturated heterocycles. The Bertz CT molecular complexity index is 637. The van der Waals surface area contributed by atoms with Crippen LogP contribution >= 0.6 is 0 Å². The number of nitrogens with one attached hydrogen (secondary N) is 3. The third-order valence-corrected chi connectivity index (χ3v) is 3.57. The van der Waals surface area contributed by atoms with Crippen LogP contribution in [-0.2, 0) is 4.79 Å². The van der Waals surface area contributed by atoms with Gasteiger partial charge >= 0.3 is 0 Å². The smallest absolute Gasteiger partial charge is 0.257 e. The van der Waals surface area contributed by atoms with E-state index < -0.39 is 0 Å². The molecule has 0 bridgehead atoms. The number of rotatable bonds is 7. The predicted molar refractivity (Wildman–Crippen MR) is 105 cm³/mol. The summed E-state index contributed by atoms with van der Waals surface area (Å²) in [5.41, 5.74) is 4.57. The number of amides is 1. The van der Waals surface area contributed by atoms with Gasteiger partial charge in [0.2, 0.25) is 0 Å². The summed E-state index contributed by atoms with van der Waals surface area (Å²) in [5.74, 6) is -0.149. The Balaban J connectivity index is 2.72. The van der Waals surface area contributed by atoms with Crippen molar-refractivity contribution in [2.75, 3.05) is 0 Å². The first kappa shape index (κ1) is 20.8. The molecule has 1 amide bonds. The molecule has 1 atom stereocenters. The number of carbonyl (C=O) groups is 1. The molecule has 5 heteroatoms. The van der Waals surface area contributed by atoms with Crippen molar-refractivity contribution in [1.82, 2.24) is 10.7 Å². The molecule has 25 heavy (non-hydrogen) atoms. The van der Waals surface area contributed by atoms with Gasteiger partial charge in [0.25, 0.3) is 5.91 Å². The Morgan fingerprint density at radius 1 is 1.20 bits per heavy atom. The highest BCUT2D eigenvalue weighted by Crippen LogP contribution is 2.20. The Morgan fingerprint density at radius 2 is 1.80 bits per heavy atom. The first-order valence-corrected chi connectivity index (χ1v) is 8.55. The number of hydrogen-bond donors (Lipinski definition) is 3. The number of hydrogen-bond acceptors (Lipinski definition) is 4. The minimum absolute atomic E-state index is 0.149. The average Bonchev–Trinajstić information content (AvgIpc) is 2.52. The van der Waals surface area contributed by atoms with Crippen LogP contribution in [0.1, 0.15) is 52.7 Å². The molecule has 1 unspecified atom stereocenters. The molecule has 0 aliphatic rings. The molecule has 3 N–H and O–H groups in total. The quantitative estimate of drug-likeness (QED) is 0.524. The Labute approximate surface area is 151 Å². The molecule has 5 nitrogen and oxygen atoms in total. The first-order chi connectivity index (χ1) is 11.6. The van der Waals surface area contributed by atoms with Crippen LogP contribution in [0, 0.1) is 10.8 Å². The lowest BCUT2D eigenvalue weighted by Crippen LogP contribution is -2.52. The Morgan fingerprint density at radius 3 is 2.28 bits per heavy atom. The van der Waals surface area contributed by atoms with Crippen LogP contribution < -0.4 is 10.7 Å². The lowest BCUT2D eigenvalue weighted by Gasteiger charge is -2.31. The minimum atomic E-state index is -0.326. The zero-order chi connectivity index (χ0) is 19.0. The van der Waals surface area contributed by atoms with Crippen LogP contribution in [0.2, 0.25) is 0 Å². The third kappa shape index (κ3) is 7.01. The van der Waals surface area contributed by atoms with Gasteiger partial charge in [-0.1, -0.05) is 65.0 Å². The number of hydrazone groups is 1. The molecular formula is C20H30N4O. The van der Waals surface area contributed by atoms with Crippen LogP contribution in [0.3, 0.4) is 0 Å². The fraction of sp³-hybridized carbons (Fsp3) is 0.450. The second kappa shape index (κ2) is 9.28. The Kier molecular flexibility index (Phi) is 7.71. The number of carbonyl (C=O) groups excluding carboxylic acids is 1. The van der Waals surface area contributed by atoms with E-state index in [0.717, 1.165) is 11.1 Å². The van der Waals surface area contributed by atoms with Gasteiger partial charge in [-0.2, -0.15) is 5.10 Å². The SMILES string of the molecule is C/C=C\C(=N)c1ccc(/C=N/NC(=O)C(NC(C)C)C(C)(C)C)cc1. The van der Waals surface area contributed by atoms with Crippen LogP contribution in [0.15, 0.2) is 41.5 Å². The summed E-state index contributed by atoms with van der Waals surface area (Å²) in [6, 6.07) is 7.35. The van der Waals surface area contributed by atoms with Crippen LogP contribution in [0.5, 0.6) is 0 Å². The van der Waals surface area contributed by atoms with Crippen molar-refractivity contribution >= 4 is 17.8 Å². The van der Waals surface area contributed by atoms with Gasteiger partial charge in [0, 0.05) is 6.04 Å². The van der Waals surface area contributed by atoms with Crippen LogP contribution in [-0.4, -0.2) is 29.9 Å². The molecule has 0 spiro atoms. The van der Waals surface area contributed by atoms with Gasteiger partial charge in [-0.25, -0.2) is 5.43 Å². The number of benzene rings is 1. The predicted octanol–water partition coefficient (Wildman–Crippen LogP) is 3.49.